The number of hydrogen-bond acceptors (Lipinski definition) is 3. The second-order valence-electron chi connectivity index (χ2n) is 6.41. The van der Waals surface area contributed by atoms with Crippen molar-refractivity contribution in [3.63, 3.8) is 0 Å². The van der Waals surface area contributed by atoms with Crippen molar-refractivity contribution in [3.8, 4) is 5.75 Å². The largest absolute Gasteiger partial charge is 0.490 e. The molecular formula is C20H20FN3O2. The van der Waals surface area contributed by atoms with Crippen LogP contribution in [-0.2, 0) is 0 Å². The molecule has 5 nitrogen and oxygen atoms in total. The number of piperidine rings is 1. The topological polar surface area (TPSA) is 66.2 Å². The molecule has 0 atom stereocenters. The van der Waals surface area contributed by atoms with Crippen LogP contribution in [0.2, 0.25) is 0 Å². The van der Waals surface area contributed by atoms with Crippen molar-refractivity contribution in [2.24, 2.45) is 0 Å². The third-order valence-electron chi connectivity index (χ3n) is 4.61. The molecule has 1 aromatic heterocycles. The molecule has 6 heteroatoms. The van der Waals surface area contributed by atoms with E-state index >= 15 is 0 Å². The number of rotatable bonds is 4. The second-order valence-corrected chi connectivity index (χ2v) is 6.41. The number of aromatic nitrogens is 1. The highest BCUT2D eigenvalue weighted by atomic mass is 19.1. The molecule has 3 N–H and O–H groups in total. The van der Waals surface area contributed by atoms with E-state index in [1.807, 2.05) is 24.3 Å². The highest BCUT2D eigenvalue weighted by Crippen LogP contribution is 2.23. The molecule has 0 radical (unpaired) electrons. The fourth-order valence-corrected chi connectivity index (χ4v) is 3.23. The predicted octanol–water partition coefficient (Wildman–Crippen LogP) is 3.69. The summed E-state index contributed by atoms with van der Waals surface area (Å²) in [6.07, 6.45) is 3.75. The van der Waals surface area contributed by atoms with Gasteiger partial charge in [-0.2, -0.15) is 0 Å². The number of halogens is 1. The Hall–Kier alpha value is -2.86. The normalized spacial score (nSPS) is 15.1. The van der Waals surface area contributed by atoms with E-state index in [9.17, 15) is 9.18 Å². The average Bonchev–Trinajstić information content (AvgIpc) is 3.10. The van der Waals surface area contributed by atoms with Crippen molar-refractivity contribution in [1.82, 2.24) is 10.3 Å². The van der Waals surface area contributed by atoms with E-state index in [4.69, 9.17) is 4.74 Å². The molecule has 1 aliphatic rings. The Bertz CT molecular complexity index is 914. The van der Waals surface area contributed by atoms with Gasteiger partial charge in [0.2, 0.25) is 0 Å². The number of nitrogens with one attached hydrogen (secondary N) is 3. The molecule has 134 valence electrons. The minimum absolute atomic E-state index is 0.234. The Balaban J connectivity index is 1.44. The molecule has 0 bridgehead atoms. The maximum atomic E-state index is 13.7. The zero-order valence-corrected chi connectivity index (χ0v) is 14.2. The zero-order valence-electron chi connectivity index (χ0n) is 14.2. The monoisotopic (exact) mass is 353 g/mol. The smallest absolute Gasteiger partial charge is 0.257 e. The maximum absolute atomic E-state index is 13.7. The van der Waals surface area contributed by atoms with Crippen LogP contribution in [0, 0.1) is 5.82 Å². The summed E-state index contributed by atoms with van der Waals surface area (Å²) < 4.78 is 19.7. The van der Waals surface area contributed by atoms with Gasteiger partial charge in [-0.25, -0.2) is 4.39 Å². The van der Waals surface area contributed by atoms with Crippen LogP contribution in [0.5, 0.6) is 5.75 Å². The van der Waals surface area contributed by atoms with Gasteiger partial charge in [-0.15, -0.1) is 0 Å². The van der Waals surface area contributed by atoms with Gasteiger partial charge in [0.15, 0.2) is 0 Å². The first-order valence-electron chi connectivity index (χ1n) is 8.75. The van der Waals surface area contributed by atoms with E-state index < -0.39 is 0 Å². The SMILES string of the molecule is O=C(Nc1ccc(OC2CCNCC2)cc1)c1c[nH]c2c(F)cccc12. The summed E-state index contributed by atoms with van der Waals surface area (Å²) in [5.74, 6) is 0.138. The number of hydrogen-bond donors (Lipinski definition) is 3. The van der Waals surface area contributed by atoms with Crippen LogP contribution in [0.3, 0.4) is 0 Å². The molecule has 0 saturated carbocycles. The molecule has 1 fully saturated rings. The van der Waals surface area contributed by atoms with Gasteiger partial charge < -0.3 is 20.4 Å². The number of amides is 1. The van der Waals surface area contributed by atoms with Crippen LogP contribution < -0.4 is 15.4 Å². The van der Waals surface area contributed by atoms with E-state index in [1.54, 1.807) is 12.1 Å². The lowest BCUT2D eigenvalue weighted by atomic mass is 10.1. The third-order valence-corrected chi connectivity index (χ3v) is 4.61. The van der Waals surface area contributed by atoms with E-state index in [2.05, 4.69) is 15.6 Å². The molecule has 0 spiro atoms. The number of ether oxygens (including phenoxy) is 1. The average molecular weight is 353 g/mol. The Morgan fingerprint density at radius 1 is 1.12 bits per heavy atom. The van der Waals surface area contributed by atoms with Crippen molar-refractivity contribution in [2.45, 2.75) is 18.9 Å². The zero-order chi connectivity index (χ0) is 17.9. The summed E-state index contributed by atoms with van der Waals surface area (Å²) in [6.45, 7) is 1.95. The Morgan fingerprint density at radius 3 is 2.65 bits per heavy atom. The molecular weight excluding hydrogens is 333 g/mol. The maximum Gasteiger partial charge on any atom is 0.257 e. The number of benzene rings is 2. The third kappa shape index (κ3) is 3.41. The predicted molar refractivity (Wildman–Crippen MR) is 99.2 cm³/mol. The van der Waals surface area contributed by atoms with Gasteiger partial charge in [0.05, 0.1) is 11.1 Å². The van der Waals surface area contributed by atoms with Crippen LogP contribution in [0.4, 0.5) is 10.1 Å². The van der Waals surface area contributed by atoms with Crippen molar-refractivity contribution < 1.29 is 13.9 Å². The fourth-order valence-electron chi connectivity index (χ4n) is 3.23. The van der Waals surface area contributed by atoms with Crippen LogP contribution in [0.25, 0.3) is 10.9 Å². The molecule has 26 heavy (non-hydrogen) atoms. The lowest BCUT2D eigenvalue weighted by Gasteiger charge is -2.23. The quantitative estimate of drug-likeness (QED) is 0.670. The summed E-state index contributed by atoms with van der Waals surface area (Å²) in [4.78, 5) is 15.3. The molecule has 4 rings (SSSR count). The van der Waals surface area contributed by atoms with Gasteiger partial charge in [0.25, 0.3) is 5.91 Å². The molecule has 1 aliphatic heterocycles. The number of carbonyl (C=O) groups excluding carboxylic acids is 1. The Kier molecular flexibility index (Phi) is 4.58. The number of aromatic amines is 1. The number of anilines is 1. The second kappa shape index (κ2) is 7.17. The first-order chi connectivity index (χ1) is 12.7. The summed E-state index contributed by atoms with van der Waals surface area (Å²) in [6, 6.07) is 12.0. The summed E-state index contributed by atoms with van der Waals surface area (Å²) in [7, 11) is 0. The van der Waals surface area contributed by atoms with Crippen LogP contribution in [-0.4, -0.2) is 30.1 Å². The molecule has 0 aliphatic carbocycles. The van der Waals surface area contributed by atoms with Gasteiger partial charge in [0, 0.05) is 17.3 Å². The Morgan fingerprint density at radius 2 is 1.88 bits per heavy atom. The highest BCUT2D eigenvalue weighted by Gasteiger charge is 2.16. The summed E-state index contributed by atoms with van der Waals surface area (Å²) in [5.41, 5.74) is 1.41. The van der Waals surface area contributed by atoms with Gasteiger partial charge in [-0.1, -0.05) is 12.1 Å². The Labute approximate surface area is 150 Å². The molecule has 2 aromatic carbocycles. The van der Waals surface area contributed by atoms with E-state index in [-0.39, 0.29) is 17.8 Å². The fraction of sp³-hybridized carbons (Fsp3) is 0.250. The minimum atomic E-state index is -0.374. The van der Waals surface area contributed by atoms with Gasteiger partial charge >= 0.3 is 0 Å². The standard InChI is InChI=1S/C20H20FN3O2/c21-18-3-1-2-16-17(12-23-19(16)18)20(25)24-13-4-6-14(7-5-13)26-15-8-10-22-11-9-15/h1-7,12,15,22-23H,8-11H2,(H,24,25). The first-order valence-corrected chi connectivity index (χ1v) is 8.75. The van der Waals surface area contributed by atoms with Gasteiger partial charge in [-0.3, -0.25) is 4.79 Å². The molecule has 1 saturated heterocycles. The van der Waals surface area contributed by atoms with E-state index in [0.717, 1.165) is 31.7 Å². The lowest BCUT2D eigenvalue weighted by molar-refractivity contribution is 0.102. The number of fused-ring (bicyclic) bond motifs is 1. The molecule has 3 aromatic rings. The van der Waals surface area contributed by atoms with Crippen LogP contribution >= 0.6 is 0 Å². The lowest BCUT2D eigenvalue weighted by Crippen LogP contribution is -2.34. The molecule has 0 unspecified atom stereocenters. The van der Waals surface area contributed by atoms with Crippen LogP contribution in [0.15, 0.2) is 48.7 Å². The number of H-pyrrole nitrogens is 1. The minimum Gasteiger partial charge on any atom is -0.490 e. The van der Waals surface area contributed by atoms with Gasteiger partial charge in [0.1, 0.15) is 17.7 Å². The van der Waals surface area contributed by atoms with Crippen molar-refractivity contribution in [2.75, 3.05) is 18.4 Å². The summed E-state index contributed by atoms with van der Waals surface area (Å²) in [5, 5.41) is 6.71. The van der Waals surface area contributed by atoms with Gasteiger partial charge in [-0.05, 0) is 56.3 Å². The van der Waals surface area contributed by atoms with Crippen molar-refractivity contribution in [1.29, 1.82) is 0 Å². The van der Waals surface area contributed by atoms with E-state index in [0.29, 0.717) is 22.2 Å². The highest BCUT2D eigenvalue weighted by molar-refractivity contribution is 6.12. The summed E-state index contributed by atoms with van der Waals surface area (Å²) >= 11 is 0. The number of para-hydroxylation sites is 1. The molecule has 1 amide bonds. The van der Waals surface area contributed by atoms with E-state index in [1.165, 1.54) is 12.3 Å². The first kappa shape index (κ1) is 16.6. The molecule has 2 heterocycles. The number of carbonyl (C=O) groups is 1. The van der Waals surface area contributed by atoms with Crippen molar-refractivity contribution >= 4 is 22.5 Å². The van der Waals surface area contributed by atoms with Crippen LogP contribution in [0.1, 0.15) is 23.2 Å². The van der Waals surface area contributed by atoms with Crippen molar-refractivity contribution in [3.05, 3.63) is 60.0 Å².